The summed E-state index contributed by atoms with van der Waals surface area (Å²) in [7, 11) is 1.48. The molecule has 0 aliphatic heterocycles. The molecule has 0 atom stereocenters. The summed E-state index contributed by atoms with van der Waals surface area (Å²) in [5, 5.41) is 2.67. The van der Waals surface area contributed by atoms with Crippen molar-refractivity contribution in [3.8, 4) is 5.75 Å². The van der Waals surface area contributed by atoms with E-state index >= 15 is 0 Å². The van der Waals surface area contributed by atoms with Crippen molar-refractivity contribution in [2.75, 3.05) is 19.0 Å². The predicted molar refractivity (Wildman–Crippen MR) is 87.8 cm³/mol. The summed E-state index contributed by atoms with van der Waals surface area (Å²) in [5.74, 6) is -0.571. The third-order valence-electron chi connectivity index (χ3n) is 3.24. The van der Waals surface area contributed by atoms with Crippen LogP contribution < -0.4 is 10.1 Å². The lowest BCUT2D eigenvalue weighted by molar-refractivity contribution is -0.119. The van der Waals surface area contributed by atoms with E-state index in [1.165, 1.54) is 7.11 Å². The first-order valence-corrected chi connectivity index (χ1v) is 7.18. The molecular weight excluding hydrogens is 294 g/mol. The van der Waals surface area contributed by atoms with Crippen molar-refractivity contribution >= 4 is 17.6 Å². The number of benzene rings is 2. The van der Waals surface area contributed by atoms with Crippen LogP contribution in [0.1, 0.15) is 21.5 Å². The van der Waals surface area contributed by atoms with Crippen molar-refractivity contribution in [1.82, 2.24) is 0 Å². The van der Waals surface area contributed by atoms with E-state index in [4.69, 9.17) is 9.47 Å². The maximum atomic E-state index is 12.1. The van der Waals surface area contributed by atoms with E-state index in [0.717, 1.165) is 11.1 Å². The molecule has 5 heteroatoms. The largest absolute Gasteiger partial charge is 0.496 e. The van der Waals surface area contributed by atoms with Crippen LogP contribution in [0.15, 0.2) is 42.5 Å². The molecule has 0 unspecified atom stereocenters. The lowest BCUT2D eigenvalue weighted by atomic mass is 10.1. The van der Waals surface area contributed by atoms with Gasteiger partial charge < -0.3 is 14.8 Å². The molecule has 0 aliphatic rings. The highest BCUT2D eigenvalue weighted by Gasteiger charge is 2.15. The molecule has 1 N–H and O–H groups in total. The maximum absolute atomic E-state index is 12.1. The first kappa shape index (κ1) is 16.5. The molecule has 120 valence electrons. The lowest BCUT2D eigenvalue weighted by Gasteiger charge is -2.10. The van der Waals surface area contributed by atoms with Gasteiger partial charge in [-0.15, -0.1) is 0 Å². The Hall–Kier alpha value is -2.82. The normalized spacial score (nSPS) is 10.0. The van der Waals surface area contributed by atoms with Crippen LogP contribution in [0.5, 0.6) is 5.75 Å². The third-order valence-corrected chi connectivity index (χ3v) is 3.24. The van der Waals surface area contributed by atoms with Gasteiger partial charge >= 0.3 is 5.97 Å². The van der Waals surface area contributed by atoms with Crippen LogP contribution in [0.25, 0.3) is 0 Å². The average Bonchev–Trinajstić information content (AvgIpc) is 2.54. The second-order valence-electron chi connectivity index (χ2n) is 5.19. The van der Waals surface area contributed by atoms with E-state index in [0.29, 0.717) is 17.0 Å². The van der Waals surface area contributed by atoms with Gasteiger partial charge in [-0.05, 0) is 38.1 Å². The second-order valence-corrected chi connectivity index (χ2v) is 5.19. The molecule has 0 spiro atoms. The number of methoxy groups -OCH3 is 1. The minimum absolute atomic E-state index is 0.302. The quantitative estimate of drug-likeness (QED) is 0.861. The monoisotopic (exact) mass is 313 g/mol. The number of anilines is 1. The topological polar surface area (TPSA) is 64.6 Å². The fourth-order valence-corrected chi connectivity index (χ4v) is 2.02. The molecule has 2 rings (SSSR count). The smallest absolute Gasteiger partial charge is 0.342 e. The number of ether oxygens (including phenoxy) is 2. The highest BCUT2D eigenvalue weighted by molar-refractivity contribution is 5.96. The molecule has 23 heavy (non-hydrogen) atoms. The molecule has 0 aliphatic carbocycles. The Kier molecular flexibility index (Phi) is 5.36. The highest BCUT2D eigenvalue weighted by atomic mass is 16.5. The Morgan fingerprint density at radius 2 is 1.65 bits per heavy atom. The SMILES string of the molecule is COc1ccc(C)cc1C(=O)OCC(=O)Nc1ccc(C)cc1. The van der Waals surface area contributed by atoms with Crippen molar-refractivity contribution in [2.24, 2.45) is 0 Å². The van der Waals surface area contributed by atoms with Gasteiger partial charge in [0.1, 0.15) is 11.3 Å². The second kappa shape index (κ2) is 7.45. The fraction of sp³-hybridized carbons (Fsp3) is 0.222. The van der Waals surface area contributed by atoms with Crippen molar-refractivity contribution in [3.05, 3.63) is 59.2 Å². The number of aryl methyl sites for hydroxylation is 2. The van der Waals surface area contributed by atoms with Gasteiger partial charge in [0.15, 0.2) is 6.61 Å². The molecule has 2 aromatic carbocycles. The van der Waals surface area contributed by atoms with E-state index < -0.39 is 11.9 Å². The standard InChI is InChI=1S/C18H19NO4/c1-12-4-7-14(8-5-12)19-17(20)11-23-18(21)15-10-13(2)6-9-16(15)22-3/h4-10H,11H2,1-3H3,(H,19,20). The van der Waals surface area contributed by atoms with Gasteiger partial charge in [-0.3, -0.25) is 4.79 Å². The third kappa shape index (κ3) is 4.57. The van der Waals surface area contributed by atoms with Gasteiger partial charge in [0.2, 0.25) is 0 Å². The zero-order valence-corrected chi connectivity index (χ0v) is 13.4. The van der Waals surface area contributed by atoms with E-state index in [-0.39, 0.29) is 6.61 Å². The fourth-order valence-electron chi connectivity index (χ4n) is 2.02. The van der Waals surface area contributed by atoms with Gasteiger partial charge in [-0.1, -0.05) is 29.3 Å². The van der Waals surface area contributed by atoms with Crippen molar-refractivity contribution < 1.29 is 19.1 Å². The van der Waals surface area contributed by atoms with E-state index in [9.17, 15) is 9.59 Å². The summed E-state index contributed by atoms with van der Waals surface area (Å²) in [6.07, 6.45) is 0. The Labute approximate surface area is 135 Å². The van der Waals surface area contributed by atoms with Crippen LogP contribution in [0.3, 0.4) is 0 Å². The Morgan fingerprint density at radius 1 is 1.00 bits per heavy atom. The summed E-state index contributed by atoms with van der Waals surface area (Å²) in [5.41, 5.74) is 2.96. The molecule has 0 bridgehead atoms. The summed E-state index contributed by atoms with van der Waals surface area (Å²) in [6.45, 7) is 3.47. The van der Waals surface area contributed by atoms with Gasteiger partial charge in [0.05, 0.1) is 7.11 Å². The minimum Gasteiger partial charge on any atom is -0.496 e. The number of hydrogen-bond acceptors (Lipinski definition) is 4. The summed E-state index contributed by atoms with van der Waals surface area (Å²) in [6, 6.07) is 12.5. The van der Waals surface area contributed by atoms with Gasteiger partial charge in [-0.25, -0.2) is 4.79 Å². The summed E-state index contributed by atoms with van der Waals surface area (Å²) < 4.78 is 10.2. The number of amides is 1. The van der Waals surface area contributed by atoms with E-state index in [2.05, 4.69) is 5.32 Å². The van der Waals surface area contributed by atoms with Gasteiger partial charge in [-0.2, -0.15) is 0 Å². The number of hydrogen-bond donors (Lipinski definition) is 1. The number of esters is 1. The maximum Gasteiger partial charge on any atom is 0.342 e. The van der Waals surface area contributed by atoms with Crippen LogP contribution in [-0.4, -0.2) is 25.6 Å². The van der Waals surface area contributed by atoms with Crippen molar-refractivity contribution in [2.45, 2.75) is 13.8 Å². The van der Waals surface area contributed by atoms with Crippen molar-refractivity contribution in [3.63, 3.8) is 0 Å². The molecular formula is C18H19NO4. The number of carbonyl (C=O) groups is 2. The molecule has 1 amide bonds. The van der Waals surface area contributed by atoms with Crippen LogP contribution in [0.4, 0.5) is 5.69 Å². The predicted octanol–water partition coefficient (Wildman–Crippen LogP) is 3.11. The number of rotatable bonds is 5. The molecule has 0 saturated heterocycles. The van der Waals surface area contributed by atoms with Gasteiger partial charge in [0, 0.05) is 5.69 Å². The zero-order chi connectivity index (χ0) is 16.8. The molecule has 0 radical (unpaired) electrons. The molecule has 0 aromatic heterocycles. The lowest BCUT2D eigenvalue weighted by Crippen LogP contribution is -2.21. The first-order valence-electron chi connectivity index (χ1n) is 7.18. The molecule has 2 aromatic rings. The molecule has 5 nitrogen and oxygen atoms in total. The van der Waals surface area contributed by atoms with Crippen molar-refractivity contribution in [1.29, 1.82) is 0 Å². The van der Waals surface area contributed by atoms with Crippen LogP contribution in [0, 0.1) is 13.8 Å². The van der Waals surface area contributed by atoms with E-state index in [1.54, 1.807) is 24.3 Å². The Bertz CT molecular complexity index is 707. The molecule has 0 heterocycles. The summed E-state index contributed by atoms with van der Waals surface area (Å²) >= 11 is 0. The Balaban J connectivity index is 1.95. The Morgan fingerprint density at radius 3 is 2.30 bits per heavy atom. The molecule has 0 saturated carbocycles. The highest BCUT2D eigenvalue weighted by Crippen LogP contribution is 2.20. The number of nitrogens with one attached hydrogen (secondary N) is 1. The minimum atomic E-state index is -0.593. The van der Waals surface area contributed by atoms with Crippen LogP contribution >= 0.6 is 0 Å². The molecule has 0 fully saturated rings. The average molecular weight is 313 g/mol. The van der Waals surface area contributed by atoms with E-state index in [1.807, 2.05) is 32.0 Å². The van der Waals surface area contributed by atoms with Crippen LogP contribution in [0.2, 0.25) is 0 Å². The first-order chi connectivity index (χ1) is 11.0. The number of carbonyl (C=O) groups excluding carboxylic acids is 2. The van der Waals surface area contributed by atoms with Gasteiger partial charge in [0.25, 0.3) is 5.91 Å². The zero-order valence-electron chi connectivity index (χ0n) is 13.4. The van der Waals surface area contributed by atoms with Crippen LogP contribution in [-0.2, 0) is 9.53 Å². The summed E-state index contributed by atoms with van der Waals surface area (Å²) in [4.78, 5) is 23.9.